The zero-order valence-corrected chi connectivity index (χ0v) is 9.68. The van der Waals surface area contributed by atoms with Crippen LogP contribution in [0, 0.1) is 5.92 Å². The van der Waals surface area contributed by atoms with E-state index in [4.69, 9.17) is 4.74 Å². The quantitative estimate of drug-likeness (QED) is 0.644. The van der Waals surface area contributed by atoms with Gasteiger partial charge in [-0.2, -0.15) is 0 Å². The largest absolute Gasteiger partial charge is 0.358 e. The summed E-state index contributed by atoms with van der Waals surface area (Å²) in [7, 11) is 0. The highest BCUT2D eigenvalue weighted by atomic mass is 16.5. The van der Waals surface area contributed by atoms with E-state index in [1.54, 1.807) is 0 Å². The van der Waals surface area contributed by atoms with Crippen LogP contribution in [0.25, 0.3) is 0 Å². The molecule has 0 aromatic rings. The summed E-state index contributed by atoms with van der Waals surface area (Å²) in [5, 5.41) is 3.66. The van der Waals surface area contributed by atoms with Gasteiger partial charge in [0.15, 0.2) is 0 Å². The highest BCUT2D eigenvalue weighted by Crippen LogP contribution is 2.36. The highest BCUT2D eigenvalue weighted by molar-refractivity contribution is 4.90. The Kier molecular flexibility index (Phi) is 2.85. The maximum atomic E-state index is 6.12. The topological polar surface area (TPSA) is 21.3 Å². The van der Waals surface area contributed by atoms with E-state index < -0.39 is 0 Å². The molecule has 0 aromatic carbocycles. The third kappa shape index (κ3) is 2.12. The molecule has 1 spiro atoms. The lowest BCUT2D eigenvalue weighted by atomic mass is 9.83. The van der Waals surface area contributed by atoms with Crippen LogP contribution in [-0.2, 0) is 4.74 Å². The monoisotopic (exact) mass is 197 g/mol. The van der Waals surface area contributed by atoms with E-state index in [1.165, 1.54) is 25.7 Å². The van der Waals surface area contributed by atoms with Gasteiger partial charge in [0.2, 0.25) is 0 Å². The zero-order valence-electron chi connectivity index (χ0n) is 9.68. The van der Waals surface area contributed by atoms with Gasteiger partial charge < -0.3 is 4.74 Å². The van der Waals surface area contributed by atoms with E-state index >= 15 is 0 Å². The lowest BCUT2D eigenvalue weighted by molar-refractivity contribution is -0.168. The SMILES string of the molecule is CC1CCC2(CC1)NC(C)CC(C)O2. The van der Waals surface area contributed by atoms with Gasteiger partial charge in [0.25, 0.3) is 0 Å². The first-order valence-electron chi connectivity index (χ1n) is 6.05. The van der Waals surface area contributed by atoms with E-state index in [-0.39, 0.29) is 5.72 Å². The molecule has 2 unspecified atom stereocenters. The average Bonchev–Trinajstić information content (AvgIpc) is 2.09. The van der Waals surface area contributed by atoms with Crippen LogP contribution in [0.3, 0.4) is 0 Å². The van der Waals surface area contributed by atoms with Crippen molar-refractivity contribution < 1.29 is 4.74 Å². The van der Waals surface area contributed by atoms with Crippen LogP contribution in [0.4, 0.5) is 0 Å². The van der Waals surface area contributed by atoms with E-state index in [0.29, 0.717) is 12.1 Å². The first-order chi connectivity index (χ1) is 6.60. The van der Waals surface area contributed by atoms with Crippen LogP contribution >= 0.6 is 0 Å². The Labute approximate surface area is 87.4 Å². The normalized spacial score (nSPS) is 49.5. The Morgan fingerprint density at radius 1 is 1.14 bits per heavy atom. The molecule has 2 atom stereocenters. The second kappa shape index (κ2) is 3.82. The first kappa shape index (κ1) is 10.4. The van der Waals surface area contributed by atoms with Crippen molar-refractivity contribution in [2.24, 2.45) is 5.92 Å². The highest BCUT2D eigenvalue weighted by Gasteiger charge is 2.40. The van der Waals surface area contributed by atoms with E-state index in [0.717, 1.165) is 12.3 Å². The van der Waals surface area contributed by atoms with Gasteiger partial charge in [0.05, 0.1) is 6.10 Å². The third-order valence-corrected chi connectivity index (χ3v) is 3.70. The second-order valence-corrected chi connectivity index (χ2v) is 5.39. The number of ether oxygens (including phenoxy) is 1. The summed E-state index contributed by atoms with van der Waals surface area (Å²) < 4.78 is 6.12. The van der Waals surface area contributed by atoms with Gasteiger partial charge in [-0.3, -0.25) is 5.32 Å². The number of hydrogen-bond acceptors (Lipinski definition) is 2. The maximum Gasteiger partial charge on any atom is 0.119 e. The number of hydrogen-bond donors (Lipinski definition) is 1. The molecular weight excluding hydrogens is 174 g/mol. The number of nitrogens with one attached hydrogen (secondary N) is 1. The molecule has 1 saturated carbocycles. The summed E-state index contributed by atoms with van der Waals surface area (Å²) in [6.45, 7) is 6.83. The molecule has 0 radical (unpaired) electrons. The van der Waals surface area contributed by atoms with Gasteiger partial charge in [-0.1, -0.05) is 6.92 Å². The molecule has 2 fully saturated rings. The molecule has 2 rings (SSSR count). The molecule has 1 aliphatic carbocycles. The minimum atomic E-state index is 0.0313. The van der Waals surface area contributed by atoms with Crippen LogP contribution in [0.15, 0.2) is 0 Å². The van der Waals surface area contributed by atoms with Gasteiger partial charge in [0, 0.05) is 6.04 Å². The zero-order chi connectivity index (χ0) is 10.2. The standard InChI is InChI=1S/C12H23NO/c1-9-4-6-12(7-5-9)13-10(2)8-11(3)14-12/h9-11,13H,4-8H2,1-3H3. The molecule has 0 amide bonds. The molecular formula is C12H23NO. The maximum absolute atomic E-state index is 6.12. The Balaban J connectivity index is 2.00. The molecule has 0 bridgehead atoms. The van der Waals surface area contributed by atoms with Gasteiger partial charge in [-0.25, -0.2) is 0 Å². The minimum Gasteiger partial charge on any atom is -0.358 e. The van der Waals surface area contributed by atoms with Crippen molar-refractivity contribution in [2.45, 2.75) is 70.7 Å². The van der Waals surface area contributed by atoms with Crippen molar-refractivity contribution in [3.63, 3.8) is 0 Å². The molecule has 1 heterocycles. The van der Waals surface area contributed by atoms with Gasteiger partial charge >= 0.3 is 0 Å². The second-order valence-electron chi connectivity index (χ2n) is 5.39. The van der Waals surface area contributed by atoms with E-state index in [2.05, 4.69) is 26.1 Å². The molecule has 0 aromatic heterocycles. The van der Waals surface area contributed by atoms with Crippen molar-refractivity contribution in [2.75, 3.05) is 0 Å². The Bertz CT molecular complexity index is 184. The predicted octanol–water partition coefficient (Wildman–Crippen LogP) is 2.68. The summed E-state index contributed by atoms with van der Waals surface area (Å²) in [4.78, 5) is 0. The smallest absolute Gasteiger partial charge is 0.119 e. The van der Waals surface area contributed by atoms with Gasteiger partial charge in [-0.15, -0.1) is 0 Å². The molecule has 2 aliphatic rings. The molecule has 1 saturated heterocycles. The van der Waals surface area contributed by atoms with Crippen LogP contribution in [0.2, 0.25) is 0 Å². The Morgan fingerprint density at radius 3 is 2.36 bits per heavy atom. The Morgan fingerprint density at radius 2 is 1.79 bits per heavy atom. The predicted molar refractivity (Wildman–Crippen MR) is 58.1 cm³/mol. The summed E-state index contributed by atoms with van der Waals surface area (Å²) >= 11 is 0. The van der Waals surface area contributed by atoms with Crippen LogP contribution < -0.4 is 5.32 Å². The lowest BCUT2D eigenvalue weighted by Crippen LogP contribution is -2.59. The Hall–Kier alpha value is -0.0800. The summed E-state index contributed by atoms with van der Waals surface area (Å²) in [5.41, 5.74) is 0.0313. The van der Waals surface area contributed by atoms with E-state index in [1.807, 2.05) is 0 Å². The fourth-order valence-corrected chi connectivity index (χ4v) is 2.96. The molecule has 1 N–H and O–H groups in total. The molecule has 14 heavy (non-hydrogen) atoms. The number of rotatable bonds is 0. The molecule has 82 valence electrons. The van der Waals surface area contributed by atoms with Crippen LogP contribution in [0.5, 0.6) is 0 Å². The first-order valence-corrected chi connectivity index (χ1v) is 6.05. The van der Waals surface area contributed by atoms with Crippen molar-refractivity contribution >= 4 is 0 Å². The molecule has 2 heteroatoms. The average molecular weight is 197 g/mol. The minimum absolute atomic E-state index is 0.0313. The van der Waals surface area contributed by atoms with Gasteiger partial charge in [0.1, 0.15) is 5.72 Å². The fraction of sp³-hybridized carbons (Fsp3) is 1.00. The summed E-state index contributed by atoms with van der Waals surface area (Å²) in [5.74, 6) is 0.888. The van der Waals surface area contributed by atoms with Gasteiger partial charge in [-0.05, 0) is 51.9 Å². The van der Waals surface area contributed by atoms with Crippen molar-refractivity contribution in [1.82, 2.24) is 5.32 Å². The summed E-state index contributed by atoms with van der Waals surface area (Å²) in [6, 6.07) is 0.618. The van der Waals surface area contributed by atoms with Crippen LogP contribution in [-0.4, -0.2) is 17.9 Å². The molecule has 1 aliphatic heterocycles. The fourth-order valence-electron chi connectivity index (χ4n) is 2.96. The van der Waals surface area contributed by atoms with Crippen molar-refractivity contribution in [3.05, 3.63) is 0 Å². The summed E-state index contributed by atoms with van der Waals surface area (Å²) in [6.07, 6.45) is 6.60. The third-order valence-electron chi connectivity index (χ3n) is 3.70. The van der Waals surface area contributed by atoms with E-state index in [9.17, 15) is 0 Å². The molecule has 2 nitrogen and oxygen atoms in total. The lowest BCUT2D eigenvalue weighted by Gasteiger charge is -2.47. The van der Waals surface area contributed by atoms with Crippen LogP contribution in [0.1, 0.15) is 52.9 Å². The van der Waals surface area contributed by atoms with Crippen molar-refractivity contribution in [3.8, 4) is 0 Å². The van der Waals surface area contributed by atoms with Crippen molar-refractivity contribution in [1.29, 1.82) is 0 Å².